The van der Waals surface area contributed by atoms with E-state index < -0.39 is 0 Å². The highest BCUT2D eigenvalue weighted by molar-refractivity contribution is 5.94. The Morgan fingerprint density at radius 3 is 2.53 bits per heavy atom. The molecular weight excluding hydrogens is 370 g/mol. The summed E-state index contributed by atoms with van der Waals surface area (Å²) in [4.78, 5) is 17.1. The molecule has 0 fully saturated rings. The molecule has 0 aliphatic carbocycles. The van der Waals surface area contributed by atoms with Crippen LogP contribution in [0.1, 0.15) is 26.5 Å². The lowest BCUT2D eigenvalue weighted by Crippen LogP contribution is -2.10. The number of pyridine rings is 3. The highest BCUT2D eigenvalue weighted by atomic mass is 15.0. The van der Waals surface area contributed by atoms with Gasteiger partial charge in [0.25, 0.3) is 0 Å². The minimum Gasteiger partial charge on any atom is -0.358 e. The number of H-pyrrole nitrogens is 1. The van der Waals surface area contributed by atoms with Crippen LogP contribution in [0.25, 0.3) is 33.1 Å². The van der Waals surface area contributed by atoms with Gasteiger partial charge in [0.15, 0.2) is 0 Å². The van der Waals surface area contributed by atoms with Gasteiger partial charge in [-0.1, -0.05) is 20.8 Å². The van der Waals surface area contributed by atoms with Gasteiger partial charge in [-0.3, -0.25) is 9.97 Å². The smallest absolute Gasteiger partial charge is 0.140 e. The van der Waals surface area contributed by atoms with Crippen LogP contribution in [0.2, 0.25) is 0 Å². The molecule has 30 heavy (non-hydrogen) atoms. The summed E-state index contributed by atoms with van der Waals surface area (Å²) in [6.45, 7) is 6.64. The molecule has 5 aromatic rings. The van der Waals surface area contributed by atoms with Gasteiger partial charge in [0, 0.05) is 57.2 Å². The summed E-state index contributed by atoms with van der Waals surface area (Å²) >= 11 is 0. The number of nitrogens with zero attached hydrogens (tertiary/aromatic N) is 3. The first kappa shape index (κ1) is 18.3. The standard InChI is InChI=1S/C25H23N5/c1-25(2,3)23-14-17-13-18(6-7-20(17)29-23)28-24-19-5-4-10-27-22(19)15-21(30-24)16-8-11-26-12-9-16/h4-15,29H,1-3H3,(H,28,30). The van der Waals surface area contributed by atoms with Gasteiger partial charge in [-0.2, -0.15) is 0 Å². The predicted molar refractivity (Wildman–Crippen MR) is 123 cm³/mol. The van der Waals surface area contributed by atoms with Crippen molar-refractivity contribution in [1.29, 1.82) is 0 Å². The van der Waals surface area contributed by atoms with E-state index in [1.165, 1.54) is 11.1 Å². The van der Waals surface area contributed by atoms with E-state index in [4.69, 9.17) is 4.98 Å². The Labute approximate surface area is 175 Å². The SMILES string of the molecule is CC(C)(C)c1cc2cc(Nc3nc(-c4ccncc4)cc4ncccc34)ccc2[nH]1. The fourth-order valence-electron chi connectivity index (χ4n) is 3.59. The van der Waals surface area contributed by atoms with Gasteiger partial charge in [0.1, 0.15) is 5.82 Å². The molecule has 148 valence electrons. The molecule has 0 spiro atoms. The topological polar surface area (TPSA) is 66.5 Å². The van der Waals surface area contributed by atoms with Crippen LogP contribution in [0.3, 0.4) is 0 Å². The summed E-state index contributed by atoms with van der Waals surface area (Å²) in [6.07, 6.45) is 5.36. The quantitative estimate of drug-likeness (QED) is 0.382. The number of aromatic nitrogens is 4. The molecule has 0 unspecified atom stereocenters. The van der Waals surface area contributed by atoms with E-state index in [2.05, 4.69) is 65.3 Å². The molecule has 0 saturated heterocycles. The fourth-order valence-corrected chi connectivity index (χ4v) is 3.59. The number of rotatable bonds is 3. The van der Waals surface area contributed by atoms with Crippen molar-refractivity contribution < 1.29 is 0 Å². The molecule has 0 aliphatic heterocycles. The van der Waals surface area contributed by atoms with Crippen molar-refractivity contribution in [2.24, 2.45) is 0 Å². The molecule has 5 nitrogen and oxygen atoms in total. The molecule has 0 saturated carbocycles. The van der Waals surface area contributed by atoms with Crippen molar-refractivity contribution in [2.45, 2.75) is 26.2 Å². The van der Waals surface area contributed by atoms with E-state index in [0.717, 1.165) is 39.2 Å². The first-order valence-electron chi connectivity index (χ1n) is 10.0. The van der Waals surface area contributed by atoms with E-state index in [9.17, 15) is 0 Å². The van der Waals surface area contributed by atoms with Gasteiger partial charge >= 0.3 is 0 Å². The van der Waals surface area contributed by atoms with Crippen molar-refractivity contribution in [1.82, 2.24) is 19.9 Å². The highest BCUT2D eigenvalue weighted by Gasteiger charge is 2.16. The molecule has 5 heteroatoms. The third-order valence-corrected chi connectivity index (χ3v) is 5.27. The largest absolute Gasteiger partial charge is 0.358 e. The maximum Gasteiger partial charge on any atom is 0.140 e. The molecule has 0 bridgehead atoms. The molecule has 4 heterocycles. The second-order valence-electron chi connectivity index (χ2n) is 8.52. The average molecular weight is 393 g/mol. The number of anilines is 2. The zero-order valence-corrected chi connectivity index (χ0v) is 17.3. The Bertz CT molecular complexity index is 1350. The molecule has 5 rings (SSSR count). The zero-order chi connectivity index (χ0) is 20.7. The van der Waals surface area contributed by atoms with Gasteiger partial charge in [0.05, 0.1) is 11.2 Å². The van der Waals surface area contributed by atoms with E-state index >= 15 is 0 Å². The van der Waals surface area contributed by atoms with E-state index in [-0.39, 0.29) is 5.41 Å². The monoisotopic (exact) mass is 393 g/mol. The van der Waals surface area contributed by atoms with Crippen LogP contribution in [0, 0.1) is 0 Å². The Morgan fingerprint density at radius 2 is 1.73 bits per heavy atom. The van der Waals surface area contributed by atoms with Crippen LogP contribution in [-0.2, 0) is 5.41 Å². The molecule has 0 atom stereocenters. The molecule has 4 aromatic heterocycles. The van der Waals surface area contributed by atoms with E-state index in [1.807, 2.05) is 36.5 Å². The Hall–Kier alpha value is -3.73. The first-order chi connectivity index (χ1) is 14.5. The Balaban J connectivity index is 1.59. The van der Waals surface area contributed by atoms with Gasteiger partial charge in [-0.25, -0.2) is 4.98 Å². The molecule has 2 N–H and O–H groups in total. The van der Waals surface area contributed by atoms with Gasteiger partial charge < -0.3 is 10.3 Å². The maximum atomic E-state index is 4.90. The zero-order valence-electron chi connectivity index (χ0n) is 17.3. The lowest BCUT2D eigenvalue weighted by Gasteiger charge is -2.15. The number of aromatic amines is 1. The third kappa shape index (κ3) is 3.39. The van der Waals surface area contributed by atoms with Gasteiger partial charge in [-0.15, -0.1) is 0 Å². The maximum absolute atomic E-state index is 4.90. The minimum absolute atomic E-state index is 0.0783. The number of fused-ring (bicyclic) bond motifs is 2. The highest BCUT2D eigenvalue weighted by Crippen LogP contribution is 2.31. The lowest BCUT2D eigenvalue weighted by molar-refractivity contribution is 0.574. The summed E-state index contributed by atoms with van der Waals surface area (Å²) in [5.74, 6) is 0.790. The van der Waals surface area contributed by atoms with Crippen LogP contribution >= 0.6 is 0 Å². The van der Waals surface area contributed by atoms with Crippen LogP contribution in [0.15, 0.2) is 73.2 Å². The second-order valence-corrected chi connectivity index (χ2v) is 8.52. The summed E-state index contributed by atoms with van der Waals surface area (Å²) in [5.41, 5.74) is 6.21. The van der Waals surface area contributed by atoms with Crippen molar-refractivity contribution >= 4 is 33.3 Å². The summed E-state index contributed by atoms with van der Waals surface area (Å²) < 4.78 is 0. The molecule has 1 aromatic carbocycles. The van der Waals surface area contributed by atoms with Crippen LogP contribution < -0.4 is 5.32 Å². The first-order valence-corrected chi connectivity index (χ1v) is 10.0. The van der Waals surface area contributed by atoms with Crippen LogP contribution in [0.4, 0.5) is 11.5 Å². The summed E-state index contributed by atoms with van der Waals surface area (Å²) in [5, 5.41) is 5.68. The number of hydrogen-bond acceptors (Lipinski definition) is 4. The molecular formula is C25H23N5. The van der Waals surface area contributed by atoms with Crippen molar-refractivity contribution in [3.05, 3.63) is 78.9 Å². The normalized spacial score (nSPS) is 11.8. The number of hydrogen-bond donors (Lipinski definition) is 2. The minimum atomic E-state index is 0.0783. The summed E-state index contributed by atoms with van der Waals surface area (Å²) in [7, 11) is 0. The predicted octanol–water partition coefficient (Wildman–Crippen LogP) is 6.21. The van der Waals surface area contributed by atoms with Crippen molar-refractivity contribution in [3.63, 3.8) is 0 Å². The number of benzene rings is 1. The fraction of sp³-hybridized carbons (Fsp3) is 0.160. The summed E-state index contributed by atoms with van der Waals surface area (Å²) in [6, 6.07) is 18.5. The van der Waals surface area contributed by atoms with E-state index in [0.29, 0.717) is 0 Å². The van der Waals surface area contributed by atoms with Gasteiger partial charge in [0.2, 0.25) is 0 Å². The average Bonchev–Trinajstić information content (AvgIpc) is 3.18. The Morgan fingerprint density at radius 1 is 0.900 bits per heavy atom. The van der Waals surface area contributed by atoms with Crippen molar-refractivity contribution in [3.8, 4) is 11.3 Å². The lowest BCUT2D eigenvalue weighted by atomic mass is 9.92. The molecule has 0 radical (unpaired) electrons. The van der Waals surface area contributed by atoms with E-state index in [1.54, 1.807) is 12.4 Å². The van der Waals surface area contributed by atoms with Crippen LogP contribution in [-0.4, -0.2) is 19.9 Å². The molecule has 0 amide bonds. The van der Waals surface area contributed by atoms with Gasteiger partial charge in [-0.05, 0) is 54.6 Å². The Kier molecular flexibility index (Phi) is 4.24. The van der Waals surface area contributed by atoms with Crippen LogP contribution in [0.5, 0.6) is 0 Å². The van der Waals surface area contributed by atoms with Crippen molar-refractivity contribution in [2.75, 3.05) is 5.32 Å². The number of nitrogens with one attached hydrogen (secondary N) is 2. The third-order valence-electron chi connectivity index (χ3n) is 5.27. The second kappa shape index (κ2) is 6.95. The molecule has 0 aliphatic rings.